The molecule has 0 unspecified atom stereocenters. The molecule has 0 saturated heterocycles. The number of rotatable bonds is 5. The molecule has 0 spiro atoms. The molecular formula is C20H16N2O3S. The highest BCUT2D eigenvalue weighted by atomic mass is 32.2. The minimum Gasteiger partial charge on any atom is -0.322 e. The monoisotopic (exact) mass is 364 g/mol. The maximum Gasteiger partial charge on any atom is 0.269 e. The number of hydrogen-bond acceptors (Lipinski definition) is 4. The van der Waals surface area contributed by atoms with E-state index in [9.17, 15) is 14.9 Å². The van der Waals surface area contributed by atoms with Gasteiger partial charge in [0.05, 0.1) is 10.5 Å². The number of aryl methyl sites for hydroxylation is 1. The van der Waals surface area contributed by atoms with E-state index in [1.165, 1.54) is 23.9 Å². The van der Waals surface area contributed by atoms with Crippen molar-refractivity contribution < 1.29 is 9.72 Å². The van der Waals surface area contributed by atoms with Crippen molar-refractivity contribution in [3.8, 4) is 0 Å². The minimum absolute atomic E-state index is 0.0414. The van der Waals surface area contributed by atoms with Crippen LogP contribution in [0.1, 0.15) is 15.9 Å². The predicted octanol–water partition coefficient (Wildman–Crippen LogP) is 5.31. The van der Waals surface area contributed by atoms with Crippen LogP contribution in [-0.2, 0) is 0 Å². The van der Waals surface area contributed by atoms with Crippen molar-refractivity contribution in [2.24, 2.45) is 0 Å². The van der Waals surface area contributed by atoms with E-state index in [0.29, 0.717) is 5.56 Å². The number of carbonyl (C=O) groups excluding carboxylic acids is 1. The third-order valence-electron chi connectivity index (χ3n) is 3.72. The number of non-ortho nitro benzene ring substituents is 1. The SMILES string of the molecule is Cc1ccc(NC(=O)c2ccccc2Sc2ccc([N+](=O)[O-])cc2)cc1. The van der Waals surface area contributed by atoms with Gasteiger partial charge in [0, 0.05) is 27.6 Å². The average molecular weight is 364 g/mol. The van der Waals surface area contributed by atoms with Gasteiger partial charge in [0.25, 0.3) is 11.6 Å². The maximum atomic E-state index is 12.6. The van der Waals surface area contributed by atoms with Crippen LogP contribution in [0, 0.1) is 17.0 Å². The number of amides is 1. The Kier molecular flexibility index (Phi) is 5.34. The van der Waals surface area contributed by atoms with Crippen molar-refractivity contribution in [1.29, 1.82) is 0 Å². The van der Waals surface area contributed by atoms with E-state index in [4.69, 9.17) is 0 Å². The molecule has 130 valence electrons. The van der Waals surface area contributed by atoms with E-state index in [2.05, 4.69) is 5.32 Å². The van der Waals surface area contributed by atoms with Gasteiger partial charge in [-0.05, 0) is 43.3 Å². The summed E-state index contributed by atoms with van der Waals surface area (Å²) in [6.07, 6.45) is 0. The Morgan fingerprint density at radius 1 is 0.962 bits per heavy atom. The van der Waals surface area contributed by atoms with Gasteiger partial charge in [0.1, 0.15) is 0 Å². The van der Waals surface area contributed by atoms with E-state index in [0.717, 1.165) is 21.0 Å². The molecule has 1 N–H and O–H groups in total. The first kappa shape index (κ1) is 17.7. The molecule has 3 aromatic carbocycles. The van der Waals surface area contributed by atoms with Crippen LogP contribution in [0.15, 0.2) is 82.6 Å². The van der Waals surface area contributed by atoms with Gasteiger partial charge in [0.2, 0.25) is 0 Å². The van der Waals surface area contributed by atoms with Gasteiger partial charge >= 0.3 is 0 Å². The van der Waals surface area contributed by atoms with Crippen LogP contribution < -0.4 is 5.32 Å². The third kappa shape index (κ3) is 4.29. The van der Waals surface area contributed by atoms with Crippen LogP contribution in [0.25, 0.3) is 0 Å². The average Bonchev–Trinajstić information content (AvgIpc) is 2.64. The Morgan fingerprint density at radius 3 is 2.27 bits per heavy atom. The maximum absolute atomic E-state index is 12.6. The topological polar surface area (TPSA) is 72.2 Å². The lowest BCUT2D eigenvalue weighted by Gasteiger charge is -2.10. The van der Waals surface area contributed by atoms with Crippen molar-refractivity contribution >= 4 is 29.0 Å². The number of nitro groups is 1. The molecule has 0 atom stereocenters. The van der Waals surface area contributed by atoms with E-state index in [1.54, 1.807) is 18.2 Å². The molecule has 0 aliphatic rings. The zero-order valence-corrected chi connectivity index (χ0v) is 14.8. The highest BCUT2D eigenvalue weighted by Gasteiger charge is 2.13. The Hall–Kier alpha value is -3.12. The summed E-state index contributed by atoms with van der Waals surface area (Å²) >= 11 is 1.39. The summed E-state index contributed by atoms with van der Waals surface area (Å²) in [5, 5.41) is 13.6. The van der Waals surface area contributed by atoms with Gasteiger partial charge in [-0.3, -0.25) is 14.9 Å². The Labute approximate surface area is 155 Å². The standard InChI is InChI=1S/C20H16N2O3S/c1-14-6-8-15(9-7-14)21-20(23)18-4-2-3-5-19(18)26-17-12-10-16(11-13-17)22(24)25/h2-13H,1H3,(H,21,23). The number of carbonyl (C=O) groups is 1. The predicted molar refractivity (Wildman–Crippen MR) is 103 cm³/mol. The molecule has 0 radical (unpaired) electrons. The summed E-state index contributed by atoms with van der Waals surface area (Å²) in [4.78, 5) is 24.6. The summed E-state index contributed by atoms with van der Waals surface area (Å²) < 4.78 is 0. The molecule has 1 amide bonds. The van der Waals surface area contributed by atoms with Gasteiger partial charge in [-0.1, -0.05) is 41.6 Å². The summed E-state index contributed by atoms with van der Waals surface area (Å²) in [6, 6.07) is 21.1. The highest BCUT2D eigenvalue weighted by molar-refractivity contribution is 7.99. The molecule has 0 saturated carbocycles. The largest absolute Gasteiger partial charge is 0.322 e. The first-order valence-electron chi connectivity index (χ1n) is 7.92. The highest BCUT2D eigenvalue weighted by Crippen LogP contribution is 2.31. The third-order valence-corrected chi connectivity index (χ3v) is 4.80. The summed E-state index contributed by atoms with van der Waals surface area (Å²) in [5.41, 5.74) is 2.45. The molecule has 0 fully saturated rings. The fourth-order valence-corrected chi connectivity index (χ4v) is 3.28. The Balaban J connectivity index is 1.80. The first-order chi connectivity index (χ1) is 12.5. The lowest BCUT2D eigenvalue weighted by atomic mass is 10.2. The molecule has 0 aliphatic heterocycles. The number of benzene rings is 3. The van der Waals surface area contributed by atoms with Crippen LogP contribution in [-0.4, -0.2) is 10.8 Å². The second kappa shape index (κ2) is 7.84. The fourth-order valence-electron chi connectivity index (χ4n) is 2.34. The van der Waals surface area contributed by atoms with Gasteiger partial charge in [0.15, 0.2) is 0 Å². The molecule has 0 bridgehead atoms. The molecular weight excluding hydrogens is 348 g/mol. The van der Waals surface area contributed by atoms with Crippen LogP contribution in [0.4, 0.5) is 11.4 Å². The second-order valence-electron chi connectivity index (χ2n) is 5.67. The fraction of sp³-hybridized carbons (Fsp3) is 0.0500. The first-order valence-corrected chi connectivity index (χ1v) is 8.74. The molecule has 3 rings (SSSR count). The van der Waals surface area contributed by atoms with Gasteiger partial charge in [-0.15, -0.1) is 0 Å². The van der Waals surface area contributed by atoms with Crippen molar-refractivity contribution in [2.45, 2.75) is 16.7 Å². The Morgan fingerprint density at radius 2 is 1.62 bits per heavy atom. The zero-order valence-electron chi connectivity index (χ0n) is 14.0. The number of nitro benzene ring substituents is 1. The van der Waals surface area contributed by atoms with Crippen LogP contribution >= 0.6 is 11.8 Å². The number of hydrogen-bond donors (Lipinski definition) is 1. The number of anilines is 1. The summed E-state index contributed by atoms with van der Waals surface area (Å²) in [5.74, 6) is -0.195. The van der Waals surface area contributed by atoms with Crippen molar-refractivity contribution in [3.63, 3.8) is 0 Å². The van der Waals surface area contributed by atoms with E-state index in [1.807, 2.05) is 49.4 Å². The number of nitrogens with one attached hydrogen (secondary N) is 1. The molecule has 6 heteroatoms. The summed E-state index contributed by atoms with van der Waals surface area (Å²) in [7, 11) is 0. The zero-order chi connectivity index (χ0) is 18.5. The smallest absolute Gasteiger partial charge is 0.269 e. The lowest BCUT2D eigenvalue weighted by molar-refractivity contribution is -0.384. The van der Waals surface area contributed by atoms with Crippen LogP contribution in [0.2, 0.25) is 0 Å². The van der Waals surface area contributed by atoms with E-state index >= 15 is 0 Å². The second-order valence-corrected chi connectivity index (χ2v) is 6.78. The minimum atomic E-state index is -0.433. The van der Waals surface area contributed by atoms with Gasteiger partial charge in [-0.2, -0.15) is 0 Å². The van der Waals surface area contributed by atoms with Crippen LogP contribution in [0.3, 0.4) is 0 Å². The van der Waals surface area contributed by atoms with Crippen LogP contribution in [0.5, 0.6) is 0 Å². The van der Waals surface area contributed by atoms with E-state index < -0.39 is 4.92 Å². The van der Waals surface area contributed by atoms with Gasteiger partial charge < -0.3 is 5.32 Å². The molecule has 0 aromatic heterocycles. The molecule has 3 aromatic rings. The molecule has 5 nitrogen and oxygen atoms in total. The van der Waals surface area contributed by atoms with E-state index in [-0.39, 0.29) is 11.6 Å². The molecule has 0 aliphatic carbocycles. The molecule has 26 heavy (non-hydrogen) atoms. The normalized spacial score (nSPS) is 10.3. The van der Waals surface area contributed by atoms with Crippen molar-refractivity contribution in [1.82, 2.24) is 0 Å². The van der Waals surface area contributed by atoms with Crippen molar-refractivity contribution in [3.05, 3.63) is 94.0 Å². The Bertz CT molecular complexity index is 938. The van der Waals surface area contributed by atoms with Crippen molar-refractivity contribution in [2.75, 3.05) is 5.32 Å². The lowest BCUT2D eigenvalue weighted by Crippen LogP contribution is -2.12. The number of nitrogens with zero attached hydrogens (tertiary/aromatic N) is 1. The summed E-state index contributed by atoms with van der Waals surface area (Å²) in [6.45, 7) is 1.99. The quantitative estimate of drug-likeness (QED) is 0.492. The molecule has 0 heterocycles. The van der Waals surface area contributed by atoms with Gasteiger partial charge in [-0.25, -0.2) is 0 Å².